The molecule has 1 aromatic heterocycles. The number of aromatic nitrogens is 2. The molecule has 0 aliphatic heterocycles. The first kappa shape index (κ1) is 19.8. The Hall–Kier alpha value is -2.92. The van der Waals surface area contributed by atoms with Crippen LogP contribution in [0.2, 0.25) is 0 Å². The quantitative estimate of drug-likeness (QED) is 0.572. The van der Waals surface area contributed by atoms with Gasteiger partial charge >= 0.3 is 0 Å². The molecule has 0 aliphatic rings. The van der Waals surface area contributed by atoms with Crippen LogP contribution >= 0.6 is 0 Å². The summed E-state index contributed by atoms with van der Waals surface area (Å²) >= 11 is 0. The van der Waals surface area contributed by atoms with Crippen LogP contribution in [-0.2, 0) is 11.3 Å². The van der Waals surface area contributed by atoms with E-state index in [1.807, 2.05) is 67.2 Å². The largest absolute Gasteiger partial charge is 0.382 e. The highest BCUT2D eigenvalue weighted by Gasteiger charge is 2.18. The molecule has 1 heterocycles. The van der Waals surface area contributed by atoms with Gasteiger partial charge in [-0.05, 0) is 25.8 Å². The summed E-state index contributed by atoms with van der Waals surface area (Å²) in [6.07, 6.45) is 2.62. The van der Waals surface area contributed by atoms with Gasteiger partial charge < -0.3 is 10.1 Å². The molecule has 0 atom stereocenters. The maximum Gasteiger partial charge on any atom is 0.255 e. The third-order valence-electron chi connectivity index (χ3n) is 4.47. The van der Waals surface area contributed by atoms with Gasteiger partial charge in [0.2, 0.25) is 0 Å². The summed E-state index contributed by atoms with van der Waals surface area (Å²) in [4.78, 5) is 12.8. The van der Waals surface area contributed by atoms with Crippen molar-refractivity contribution in [1.29, 1.82) is 0 Å². The van der Waals surface area contributed by atoms with Crippen LogP contribution < -0.4 is 5.32 Å². The summed E-state index contributed by atoms with van der Waals surface area (Å²) in [5.41, 5.74) is 4.56. The lowest BCUT2D eigenvalue weighted by Gasteiger charge is -2.06. The Morgan fingerprint density at radius 1 is 1.11 bits per heavy atom. The van der Waals surface area contributed by atoms with Crippen molar-refractivity contribution in [3.8, 4) is 11.3 Å². The molecule has 0 aliphatic carbocycles. The van der Waals surface area contributed by atoms with Crippen molar-refractivity contribution < 1.29 is 9.53 Å². The SMILES string of the molecule is CCOCCCNC(=O)c1cn(Cc2ccccc2)nc1-c1ccc(C)cc1. The molecule has 0 spiro atoms. The van der Waals surface area contributed by atoms with Crippen molar-refractivity contribution in [2.24, 2.45) is 0 Å². The molecule has 0 bridgehead atoms. The summed E-state index contributed by atoms with van der Waals surface area (Å²) in [5.74, 6) is -0.105. The Bertz CT molecular complexity index is 886. The minimum Gasteiger partial charge on any atom is -0.382 e. The molecule has 0 saturated carbocycles. The Morgan fingerprint density at radius 2 is 1.86 bits per heavy atom. The van der Waals surface area contributed by atoms with Crippen LogP contribution in [0.1, 0.15) is 34.8 Å². The average Bonchev–Trinajstić information content (AvgIpc) is 3.13. The molecule has 0 fully saturated rings. The van der Waals surface area contributed by atoms with Gasteiger partial charge in [0, 0.05) is 31.5 Å². The molecule has 0 saturated heterocycles. The second-order valence-electron chi connectivity index (χ2n) is 6.75. The fourth-order valence-corrected chi connectivity index (χ4v) is 2.98. The van der Waals surface area contributed by atoms with Crippen LogP contribution in [0, 0.1) is 6.92 Å². The van der Waals surface area contributed by atoms with Gasteiger partial charge in [0.25, 0.3) is 5.91 Å². The highest BCUT2D eigenvalue weighted by molar-refractivity contribution is 5.99. The van der Waals surface area contributed by atoms with Crippen molar-refractivity contribution in [3.63, 3.8) is 0 Å². The molecule has 0 radical (unpaired) electrons. The number of amides is 1. The van der Waals surface area contributed by atoms with E-state index in [1.165, 1.54) is 5.56 Å². The smallest absolute Gasteiger partial charge is 0.255 e. The lowest BCUT2D eigenvalue weighted by atomic mass is 10.1. The number of nitrogens with one attached hydrogen (secondary N) is 1. The topological polar surface area (TPSA) is 56.1 Å². The summed E-state index contributed by atoms with van der Waals surface area (Å²) in [5, 5.41) is 7.70. The summed E-state index contributed by atoms with van der Waals surface area (Å²) in [6.45, 7) is 6.55. The lowest BCUT2D eigenvalue weighted by molar-refractivity contribution is 0.0945. The predicted octanol–water partition coefficient (Wildman–Crippen LogP) is 4.06. The molecule has 1 N–H and O–H groups in total. The van der Waals surface area contributed by atoms with Gasteiger partial charge in [-0.2, -0.15) is 5.10 Å². The Morgan fingerprint density at radius 3 is 2.57 bits per heavy atom. The second-order valence-corrected chi connectivity index (χ2v) is 6.75. The fourth-order valence-electron chi connectivity index (χ4n) is 2.98. The Labute approximate surface area is 166 Å². The van der Waals surface area contributed by atoms with Gasteiger partial charge in [0.05, 0.1) is 12.1 Å². The molecule has 2 aromatic carbocycles. The third kappa shape index (κ3) is 5.30. The highest BCUT2D eigenvalue weighted by Crippen LogP contribution is 2.23. The van der Waals surface area contributed by atoms with Gasteiger partial charge in [0.1, 0.15) is 5.69 Å². The summed E-state index contributed by atoms with van der Waals surface area (Å²) in [6, 6.07) is 18.2. The molecule has 5 heteroatoms. The van der Waals surface area contributed by atoms with Gasteiger partial charge in [-0.3, -0.25) is 9.48 Å². The third-order valence-corrected chi connectivity index (χ3v) is 4.47. The number of hydrogen-bond acceptors (Lipinski definition) is 3. The van der Waals surface area contributed by atoms with Crippen LogP contribution in [0.5, 0.6) is 0 Å². The summed E-state index contributed by atoms with van der Waals surface area (Å²) < 4.78 is 7.16. The van der Waals surface area contributed by atoms with E-state index < -0.39 is 0 Å². The zero-order valence-corrected chi connectivity index (χ0v) is 16.5. The minimum absolute atomic E-state index is 0.105. The van der Waals surface area contributed by atoms with E-state index >= 15 is 0 Å². The van der Waals surface area contributed by atoms with Crippen molar-refractivity contribution in [2.45, 2.75) is 26.8 Å². The number of benzene rings is 2. The highest BCUT2D eigenvalue weighted by atomic mass is 16.5. The molecule has 0 unspecified atom stereocenters. The first-order valence-corrected chi connectivity index (χ1v) is 9.71. The zero-order chi connectivity index (χ0) is 19.8. The van der Waals surface area contributed by atoms with Crippen LogP contribution in [0.15, 0.2) is 60.8 Å². The number of hydrogen-bond donors (Lipinski definition) is 1. The van der Waals surface area contributed by atoms with E-state index in [-0.39, 0.29) is 5.91 Å². The minimum atomic E-state index is -0.105. The normalized spacial score (nSPS) is 10.8. The molecular formula is C23H27N3O2. The lowest BCUT2D eigenvalue weighted by Crippen LogP contribution is -2.25. The van der Waals surface area contributed by atoms with Gasteiger partial charge in [-0.25, -0.2) is 0 Å². The average molecular weight is 377 g/mol. The van der Waals surface area contributed by atoms with Gasteiger partial charge in [-0.15, -0.1) is 0 Å². The number of nitrogens with zero attached hydrogens (tertiary/aromatic N) is 2. The van der Waals surface area contributed by atoms with Gasteiger partial charge in [0.15, 0.2) is 0 Å². The van der Waals surface area contributed by atoms with Crippen molar-refractivity contribution >= 4 is 5.91 Å². The maximum absolute atomic E-state index is 12.8. The number of aryl methyl sites for hydroxylation is 1. The monoisotopic (exact) mass is 377 g/mol. The maximum atomic E-state index is 12.8. The predicted molar refractivity (Wildman–Crippen MR) is 111 cm³/mol. The van der Waals surface area contributed by atoms with Crippen LogP contribution in [0.25, 0.3) is 11.3 Å². The molecule has 5 nitrogen and oxygen atoms in total. The first-order chi connectivity index (χ1) is 13.7. The van der Waals surface area contributed by atoms with E-state index in [2.05, 4.69) is 17.4 Å². The molecule has 3 aromatic rings. The van der Waals surface area contributed by atoms with E-state index in [1.54, 1.807) is 0 Å². The van der Waals surface area contributed by atoms with Gasteiger partial charge in [-0.1, -0.05) is 60.2 Å². The van der Waals surface area contributed by atoms with Crippen molar-refractivity contribution in [3.05, 3.63) is 77.5 Å². The number of carbonyl (C=O) groups is 1. The van der Waals surface area contributed by atoms with E-state index in [4.69, 9.17) is 9.84 Å². The molecule has 3 rings (SSSR count). The first-order valence-electron chi connectivity index (χ1n) is 9.71. The standard InChI is InChI=1S/C23H27N3O2/c1-3-28-15-7-14-24-23(27)21-17-26(16-19-8-5-4-6-9-19)25-22(21)20-12-10-18(2)11-13-20/h4-6,8-13,17H,3,7,14-16H2,1-2H3,(H,24,27). The molecule has 28 heavy (non-hydrogen) atoms. The molecule has 146 valence electrons. The van der Waals surface area contributed by atoms with Crippen LogP contribution in [-0.4, -0.2) is 35.4 Å². The van der Waals surface area contributed by atoms with E-state index in [0.717, 1.165) is 17.5 Å². The molecule has 1 amide bonds. The van der Waals surface area contributed by atoms with E-state index in [9.17, 15) is 4.79 Å². The fraction of sp³-hybridized carbons (Fsp3) is 0.304. The van der Waals surface area contributed by atoms with E-state index in [0.29, 0.717) is 37.6 Å². The van der Waals surface area contributed by atoms with Crippen molar-refractivity contribution in [2.75, 3.05) is 19.8 Å². The number of ether oxygens (including phenoxy) is 1. The van der Waals surface area contributed by atoms with Crippen LogP contribution in [0.4, 0.5) is 0 Å². The number of carbonyl (C=O) groups excluding carboxylic acids is 1. The Kier molecular flexibility index (Phi) is 6.98. The van der Waals surface area contributed by atoms with Crippen LogP contribution in [0.3, 0.4) is 0 Å². The summed E-state index contributed by atoms with van der Waals surface area (Å²) in [7, 11) is 0. The second kappa shape index (κ2) is 9.85. The Balaban J connectivity index is 1.81. The zero-order valence-electron chi connectivity index (χ0n) is 16.5. The number of rotatable bonds is 9. The molecular weight excluding hydrogens is 350 g/mol. The van der Waals surface area contributed by atoms with Crippen molar-refractivity contribution in [1.82, 2.24) is 15.1 Å².